The topological polar surface area (TPSA) is 75.6 Å². The summed E-state index contributed by atoms with van der Waals surface area (Å²) in [6.07, 6.45) is 6.47. The number of carboxylic acid groups (broad SMARTS) is 1. The van der Waals surface area contributed by atoms with Crippen LogP contribution in [-0.4, -0.2) is 36.2 Å². The van der Waals surface area contributed by atoms with Gasteiger partial charge in [-0.3, -0.25) is 9.59 Å². The monoisotopic (exact) mass is 269 g/mol. The quantitative estimate of drug-likeness (QED) is 0.796. The van der Waals surface area contributed by atoms with Gasteiger partial charge in [-0.05, 0) is 32.1 Å². The summed E-state index contributed by atoms with van der Waals surface area (Å²) >= 11 is 0. The fraction of sp³-hybridized carbons (Fsp3) is 0.857. The van der Waals surface area contributed by atoms with Crippen molar-refractivity contribution in [2.75, 3.05) is 13.2 Å². The van der Waals surface area contributed by atoms with Gasteiger partial charge in [-0.15, -0.1) is 0 Å². The zero-order chi connectivity index (χ0) is 13.7. The third-order valence-electron chi connectivity index (χ3n) is 4.31. The number of nitrogens with one attached hydrogen (secondary N) is 1. The largest absolute Gasteiger partial charge is 0.481 e. The second kappa shape index (κ2) is 6.37. The van der Waals surface area contributed by atoms with Crippen molar-refractivity contribution in [2.24, 2.45) is 5.41 Å². The predicted molar refractivity (Wildman–Crippen MR) is 69.8 cm³/mol. The molecule has 5 nitrogen and oxygen atoms in total. The van der Waals surface area contributed by atoms with Crippen LogP contribution in [-0.2, 0) is 14.3 Å². The lowest BCUT2D eigenvalue weighted by Gasteiger charge is -2.25. The van der Waals surface area contributed by atoms with E-state index in [-0.39, 0.29) is 18.4 Å². The van der Waals surface area contributed by atoms with Gasteiger partial charge >= 0.3 is 5.97 Å². The lowest BCUT2D eigenvalue weighted by molar-refractivity contribution is -0.151. The number of aliphatic carboxylic acids is 1. The fourth-order valence-corrected chi connectivity index (χ4v) is 3.08. The molecule has 2 fully saturated rings. The van der Waals surface area contributed by atoms with Crippen molar-refractivity contribution in [3.63, 3.8) is 0 Å². The summed E-state index contributed by atoms with van der Waals surface area (Å²) in [5.74, 6) is -0.979. The molecule has 2 aliphatic rings. The number of carboxylic acids is 1. The molecule has 1 unspecified atom stereocenters. The maximum Gasteiger partial charge on any atom is 0.310 e. The van der Waals surface area contributed by atoms with Gasteiger partial charge in [-0.2, -0.15) is 0 Å². The van der Waals surface area contributed by atoms with Gasteiger partial charge in [0.2, 0.25) is 5.91 Å². The van der Waals surface area contributed by atoms with Gasteiger partial charge in [0.25, 0.3) is 0 Å². The third kappa shape index (κ3) is 3.69. The summed E-state index contributed by atoms with van der Waals surface area (Å²) in [5.41, 5.74) is -0.822. The van der Waals surface area contributed by atoms with E-state index in [4.69, 9.17) is 4.74 Å². The van der Waals surface area contributed by atoms with Crippen LogP contribution < -0.4 is 5.32 Å². The zero-order valence-electron chi connectivity index (χ0n) is 11.3. The van der Waals surface area contributed by atoms with Crippen molar-refractivity contribution in [1.29, 1.82) is 0 Å². The van der Waals surface area contributed by atoms with Crippen LogP contribution in [0.4, 0.5) is 0 Å². The second-order valence-electron chi connectivity index (χ2n) is 5.76. The number of hydrogen-bond acceptors (Lipinski definition) is 3. The maximum atomic E-state index is 11.9. The van der Waals surface area contributed by atoms with E-state index in [1.54, 1.807) is 0 Å². The molecule has 1 amide bonds. The molecule has 2 rings (SSSR count). The minimum atomic E-state index is -0.825. The van der Waals surface area contributed by atoms with Crippen LogP contribution >= 0.6 is 0 Å². The van der Waals surface area contributed by atoms with Crippen LogP contribution in [0.15, 0.2) is 0 Å². The normalized spacial score (nSPS) is 26.0. The predicted octanol–water partition coefficient (Wildman–Crippen LogP) is 1.71. The molecule has 0 aromatic carbocycles. The van der Waals surface area contributed by atoms with E-state index >= 15 is 0 Å². The highest BCUT2D eigenvalue weighted by Crippen LogP contribution is 2.41. The van der Waals surface area contributed by atoms with Crippen LogP contribution in [0.1, 0.15) is 51.4 Å². The average Bonchev–Trinajstić information content (AvgIpc) is 2.87. The SMILES string of the molecule is O=C(CC1(C(=O)O)CCCC1)NCC1CCCCO1. The zero-order valence-corrected chi connectivity index (χ0v) is 11.3. The molecule has 108 valence electrons. The molecular weight excluding hydrogens is 246 g/mol. The van der Waals surface area contributed by atoms with Gasteiger partial charge in [0.05, 0.1) is 11.5 Å². The van der Waals surface area contributed by atoms with Crippen LogP contribution in [0.2, 0.25) is 0 Å². The van der Waals surface area contributed by atoms with Crippen molar-refractivity contribution in [3.8, 4) is 0 Å². The van der Waals surface area contributed by atoms with E-state index in [0.717, 1.165) is 38.7 Å². The van der Waals surface area contributed by atoms with Gasteiger partial charge < -0.3 is 15.2 Å². The van der Waals surface area contributed by atoms with Crippen LogP contribution in [0.5, 0.6) is 0 Å². The summed E-state index contributed by atoms with van der Waals surface area (Å²) in [6.45, 7) is 1.27. The molecule has 19 heavy (non-hydrogen) atoms. The standard InChI is InChI=1S/C14H23NO4/c16-12(15-10-11-5-1-4-8-19-11)9-14(13(17)18)6-2-3-7-14/h11H,1-10H2,(H,15,16)(H,17,18). The molecule has 0 bridgehead atoms. The van der Waals surface area contributed by atoms with Gasteiger partial charge in [-0.1, -0.05) is 12.8 Å². The van der Waals surface area contributed by atoms with Gasteiger partial charge in [-0.25, -0.2) is 0 Å². The highest BCUT2D eigenvalue weighted by atomic mass is 16.5. The number of ether oxygens (including phenoxy) is 1. The Balaban J connectivity index is 1.78. The van der Waals surface area contributed by atoms with E-state index in [2.05, 4.69) is 5.32 Å². The first-order valence-corrected chi connectivity index (χ1v) is 7.24. The number of hydrogen-bond donors (Lipinski definition) is 2. The lowest BCUT2D eigenvalue weighted by Crippen LogP contribution is -2.39. The molecule has 1 heterocycles. The summed E-state index contributed by atoms with van der Waals surface area (Å²) in [6, 6.07) is 0. The Morgan fingerprint density at radius 2 is 1.95 bits per heavy atom. The molecule has 1 saturated carbocycles. The molecule has 5 heteroatoms. The first kappa shape index (κ1) is 14.3. The Morgan fingerprint density at radius 3 is 2.53 bits per heavy atom. The average molecular weight is 269 g/mol. The highest BCUT2D eigenvalue weighted by Gasteiger charge is 2.42. The van der Waals surface area contributed by atoms with Crippen LogP contribution in [0, 0.1) is 5.41 Å². The van der Waals surface area contributed by atoms with Crippen molar-refractivity contribution in [1.82, 2.24) is 5.32 Å². The van der Waals surface area contributed by atoms with Gasteiger partial charge in [0, 0.05) is 19.6 Å². The first-order valence-electron chi connectivity index (χ1n) is 7.24. The third-order valence-corrected chi connectivity index (χ3v) is 4.31. The molecule has 1 aliphatic heterocycles. The van der Waals surface area contributed by atoms with E-state index < -0.39 is 11.4 Å². The minimum absolute atomic E-state index is 0.0991. The van der Waals surface area contributed by atoms with E-state index in [0.29, 0.717) is 19.4 Å². The number of rotatable bonds is 5. The molecule has 2 N–H and O–H groups in total. The van der Waals surface area contributed by atoms with E-state index in [1.807, 2.05) is 0 Å². The van der Waals surface area contributed by atoms with Gasteiger partial charge in [0.1, 0.15) is 0 Å². The number of carbonyl (C=O) groups excluding carboxylic acids is 1. The Kier molecular flexibility index (Phi) is 4.80. The summed E-state index contributed by atoms with van der Waals surface area (Å²) in [4.78, 5) is 23.3. The van der Waals surface area contributed by atoms with Crippen molar-refractivity contribution in [3.05, 3.63) is 0 Å². The molecule has 0 aromatic rings. The Morgan fingerprint density at radius 1 is 1.21 bits per heavy atom. The molecule has 1 saturated heterocycles. The van der Waals surface area contributed by atoms with Gasteiger partial charge in [0.15, 0.2) is 0 Å². The molecule has 0 spiro atoms. The summed E-state index contributed by atoms with van der Waals surface area (Å²) < 4.78 is 5.54. The summed E-state index contributed by atoms with van der Waals surface area (Å²) in [7, 11) is 0. The minimum Gasteiger partial charge on any atom is -0.481 e. The first-order chi connectivity index (χ1) is 9.12. The second-order valence-corrected chi connectivity index (χ2v) is 5.76. The molecule has 0 aromatic heterocycles. The molecular formula is C14H23NO4. The fourth-order valence-electron chi connectivity index (χ4n) is 3.08. The number of amides is 1. The number of carbonyl (C=O) groups is 2. The summed E-state index contributed by atoms with van der Waals surface area (Å²) in [5, 5.41) is 12.2. The maximum absolute atomic E-state index is 11.9. The van der Waals surface area contributed by atoms with E-state index in [1.165, 1.54) is 0 Å². The smallest absolute Gasteiger partial charge is 0.310 e. The van der Waals surface area contributed by atoms with E-state index in [9.17, 15) is 14.7 Å². The van der Waals surface area contributed by atoms with Crippen LogP contribution in [0.25, 0.3) is 0 Å². The van der Waals surface area contributed by atoms with Crippen molar-refractivity contribution in [2.45, 2.75) is 57.5 Å². The molecule has 1 atom stereocenters. The Labute approximate surface area is 113 Å². The van der Waals surface area contributed by atoms with Crippen molar-refractivity contribution >= 4 is 11.9 Å². The molecule has 1 aliphatic carbocycles. The molecule has 0 radical (unpaired) electrons. The van der Waals surface area contributed by atoms with Crippen LogP contribution in [0.3, 0.4) is 0 Å². The van der Waals surface area contributed by atoms with Crippen molar-refractivity contribution < 1.29 is 19.4 Å². The Bertz CT molecular complexity index is 330. The highest BCUT2D eigenvalue weighted by molar-refractivity contribution is 5.85. The Hall–Kier alpha value is -1.10. The lowest BCUT2D eigenvalue weighted by atomic mass is 9.82.